The number of aromatic nitrogens is 3. The van der Waals surface area contributed by atoms with Crippen molar-refractivity contribution in [2.75, 3.05) is 6.54 Å². The van der Waals surface area contributed by atoms with E-state index in [0.717, 1.165) is 19.3 Å². The zero-order valence-electron chi connectivity index (χ0n) is 14.8. The highest BCUT2D eigenvalue weighted by atomic mass is 19.1. The molecule has 27 heavy (non-hydrogen) atoms. The quantitative estimate of drug-likeness (QED) is 0.588. The minimum Gasteiger partial charge on any atom is -0.457 e. The molecule has 0 saturated carbocycles. The highest BCUT2D eigenvalue weighted by molar-refractivity contribution is 5.75. The molecule has 0 bridgehead atoms. The number of halogens is 1. The number of carbonyl (C=O) groups is 1. The Morgan fingerprint density at radius 3 is 2.41 bits per heavy atom. The molecule has 0 spiro atoms. The molecule has 3 rings (SSSR count). The number of nitrogens with one attached hydrogen (secondary N) is 1. The Bertz CT molecular complexity index is 833. The van der Waals surface area contributed by atoms with Crippen molar-refractivity contribution in [3.05, 3.63) is 72.6 Å². The number of benzene rings is 2. The molecule has 0 atom stereocenters. The second kappa shape index (κ2) is 9.47. The molecule has 0 aliphatic heterocycles. The smallest absolute Gasteiger partial charge is 0.241 e. The molecule has 1 amide bonds. The van der Waals surface area contributed by atoms with Crippen LogP contribution in [-0.4, -0.2) is 27.2 Å². The van der Waals surface area contributed by atoms with Gasteiger partial charge in [-0.3, -0.25) is 4.79 Å². The fourth-order valence-electron chi connectivity index (χ4n) is 2.56. The van der Waals surface area contributed by atoms with Crippen LogP contribution in [0.5, 0.6) is 11.5 Å². The van der Waals surface area contributed by atoms with Gasteiger partial charge in [0.05, 0.1) is 0 Å². The average Bonchev–Trinajstić information content (AvgIpc) is 3.17. The van der Waals surface area contributed by atoms with Crippen molar-refractivity contribution in [1.82, 2.24) is 20.1 Å². The van der Waals surface area contributed by atoms with Crippen molar-refractivity contribution < 1.29 is 13.9 Å². The van der Waals surface area contributed by atoms with Crippen molar-refractivity contribution >= 4 is 5.91 Å². The van der Waals surface area contributed by atoms with Crippen molar-refractivity contribution in [1.29, 1.82) is 0 Å². The first-order chi connectivity index (χ1) is 13.2. The molecular weight excluding hydrogens is 347 g/mol. The van der Waals surface area contributed by atoms with Gasteiger partial charge in [0.15, 0.2) is 0 Å². The Kier molecular flexibility index (Phi) is 6.51. The molecule has 6 nitrogen and oxygen atoms in total. The molecule has 0 saturated heterocycles. The molecule has 7 heteroatoms. The molecule has 1 N–H and O–H groups in total. The number of unbranched alkanes of at least 4 members (excludes halogenated alkanes) is 1. The summed E-state index contributed by atoms with van der Waals surface area (Å²) in [5.74, 6) is 0.964. The van der Waals surface area contributed by atoms with E-state index in [1.807, 2.05) is 24.3 Å². The molecule has 1 heterocycles. The Morgan fingerprint density at radius 1 is 1.04 bits per heavy atom. The normalized spacial score (nSPS) is 10.6. The Hall–Kier alpha value is -3.22. The van der Waals surface area contributed by atoms with Crippen LogP contribution in [0.4, 0.5) is 4.39 Å². The van der Waals surface area contributed by atoms with E-state index >= 15 is 0 Å². The maximum Gasteiger partial charge on any atom is 0.241 e. The molecule has 1 aromatic heterocycles. The number of rotatable bonds is 9. The van der Waals surface area contributed by atoms with Gasteiger partial charge in [0, 0.05) is 6.54 Å². The summed E-state index contributed by atoms with van der Waals surface area (Å²) >= 11 is 0. The molecule has 0 unspecified atom stereocenters. The monoisotopic (exact) mass is 368 g/mol. The van der Waals surface area contributed by atoms with Crippen LogP contribution < -0.4 is 10.1 Å². The van der Waals surface area contributed by atoms with E-state index in [2.05, 4.69) is 15.4 Å². The number of hydrogen-bond acceptors (Lipinski definition) is 4. The first kappa shape index (κ1) is 18.6. The van der Waals surface area contributed by atoms with E-state index in [4.69, 9.17) is 4.74 Å². The number of carbonyl (C=O) groups excluding carboxylic acids is 1. The SMILES string of the molecule is O=C(Cn1cncn1)NCCCCc1ccc(Oc2ccc(F)cc2)cc1. The van der Waals surface area contributed by atoms with Gasteiger partial charge in [0.1, 0.15) is 36.5 Å². The lowest BCUT2D eigenvalue weighted by atomic mass is 10.1. The third-order valence-corrected chi connectivity index (χ3v) is 3.96. The Morgan fingerprint density at radius 2 is 1.74 bits per heavy atom. The Labute approximate surface area is 157 Å². The molecule has 0 fully saturated rings. The van der Waals surface area contributed by atoms with Crippen LogP contribution in [0.15, 0.2) is 61.2 Å². The minimum atomic E-state index is -0.285. The lowest BCUT2D eigenvalue weighted by Crippen LogP contribution is -2.28. The van der Waals surface area contributed by atoms with E-state index in [0.29, 0.717) is 18.0 Å². The summed E-state index contributed by atoms with van der Waals surface area (Å²) in [6, 6.07) is 13.8. The molecule has 140 valence electrons. The molecule has 2 aromatic carbocycles. The molecule has 0 radical (unpaired) electrons. The van der Waals surface area contributed by atoms with Crippen LogP contribution in [0.3, 0.4) is 0 Å². The van der Waals surface area contributed by atoms with Crippen LogP contribution in [0.25, 0.3) is 0 Å². The van der Waals surface area contributed by atoms with Gasteiger partial charge >= 0.3 is 0 Å². The van der Waals surface area contributed by atoms with Crippen LogP contribution in [0, 0.1) is 5.82 Å². The van der Waals surface area contributed by atoms with Gasteiger partial charge in [-0.05, 0) is 61.2 Å². The lowest BCUT2D eigenvalue weighted by molar-refractivity contribution is -0.121. The van der Waals surface area contributed by atoms with Gasteiger partial charge in [-0.2, -0.15) is 5.10 Å². The summed E-state index contributed by atoms with van der Waals surface area (Å²) in [5, 5.41) is 6.77. The highest BCUT2D eigenvalue weighted by Gasteiger charge is 2.03. The molecule has 3 aromatic rings. The van der Waals surface area contributed by atoms with Crippen LogP contribution in [0.1, 0.15) is 18.4 Å². The van der Waals surface area contributed by atoms with E-state index in [-0.39, 0.29) is 18.3 Å². The van der Waals surface area contributed by atoms with E-state index in [9.17, 15) is 9.18 Å². The second-order valence-corrected chi connectivity index (χ2v) is 6.10. The fraction of sp³-hybridized carbons (Fsp3) is 0.250. The van der Waals surface area contributed by atoms with E-state index < -0.39 is 0 Å². The highest BCUT2D eigenvalue weighted by Crippen LogP contribution is 2.22. The van der Waals surface area contributed by atoms with Crippen LogP contribution >= 0.6 is 0 Å². The standard InChI is InChI=1S/C20H21FN4O2/c21-17-6-10-19(11-7-17)27-18-8-4-16(5-9-18)3-1-2-12-23-20(26)13-25-15-22-14-24-25/h4-11,14-15H,1-3,12-13H2,(H,23,26). The first-order valence-corrected chi connectivity index (χ1v) is 8.80. The summed E-state index contributed by atoms with van der Waals surface area (Å²) in [4.78, 5) is 15.5. The summed E-state index contributed by atoms with van der Waals surface area (Å²) in [7, 11) is 0. The van der Waals surface area contributed by atoms with E-state index in [1.165, 1.54) is 35.0 Å². The zero-order chi connectivity index (χ0) is 18.9. The fourth-order valence-corrected chi connectivity index (χ4v) is 2.56. The molecular formula is C20H21FN4O2. The van der Waals surface area contributed by atoms with Crippen molar-refractivity contribution in [3.8, 4) is 11.5 Å². The second-order valence-electron chi connectivity index (χ2n) is 6.10. The largest absolute Gasteiger partial charge is 0.457 e. The number of aryl methyl sites for hydroxylation is 1. The van der Waals surface area contributed by atoms with Gasteiger partial charge in [0.2, 0.25) is 5.91 Å². The van der Waals surface area contributed by atoms with Crippen molar-refractivity contribution in [2.24, 2.45) is 0 Å². The number of ether oxygens (including phenoxy) is 1. The number of amides is 1. The predicted octanol–water partition coefficient (Wildman–Crippen LogP) is 3.35. The first-order valence-electron chi connectivity index (χ1n) is 8.80. The average molecular weight is 368 g/mol. The minimum absolute atomic E-state index is 0.0669. The van der Waals surface area contributed by atoms with Crippen LogP contribution in [0.2, 0.25) is 0 Å². The molecule has 0 aliphatic rings. The predicted molar refractivity (Wildman–Crippen MR) is 98.9 cm³/mol. The van der Waals surface area contributed by atoms with Gasteiger partial charge in [0.25, 0.3) is 0 Å². The maximum atomic E-state index is 12.9. The van der Waals surface area contributed by atoms with Crippen molar-refractivity contribution in [3.63, 3.8) is 0 Å². The van der Waals surface area contributed by atoms with Gasteiger partial charge in [-0.1, -0.05) is 12.1 Å². The van der Waals surface area contributed by atoms with E-state index in [1.54, 1.807) is 12.1 Å². The van der Waals surface area contributed by atoms with Gasteiger partial charge < -0.3 is 10.1 Å². The third-order valence-electron chi connectivity index (χ3n) is 3.96. The summed E-state index contributed by atoms with van der Waals surface area (Å²) in [5.41, 5.74) is 1.20. The van der Waals surface area contributed by atoms with Gasteiger partial charge in [-0.25, -0.2) is 14.1 Å². The number of nitrogens with zero attached hydrogens (tertiary/aromatic N) is 3. The summed E-state index contributed by atoms with van der Waals surface area (Å²) in [6.45, 7) is 0.828. The Balaban J connectivity index is 1.34. The number of hydrogen-bond donors (Lipinski definition) is 1. The zero-order valence-corrected chi connectivity index (χ0v) is 14.8. The van der Waals surface area contributed by atoms with Crippen LogP contribution in [-0.2, 0) is 17.8 Å². The maximum absolute atomic E-state index is 12.9. The topological polar surface area (TPSA) is 69.0 Å². The summed E-state index contributed by atoms with van der Waals surface area (Å²) in [6.07, 6.45) is 5.72. The third kappa shape index (κ3) is 6.22. The summed E-state index contributed by atoms with van der Waals surface area (Å²) < 4.78 is 20.1. The van der Waals surface area contributed by atoms with Gasteiger partial charge in [-0.15, -0.1) is 0 Å². The van der Waals surface area contributed by atoms with Crippen molar-refractivity contribution in [2.45, 2.75) is 25.8 Å². The molecule has 0 aliphatic carbocycles. The lowest BCUT2D eigenvalue weighted by Gasteiger charge is -2.07.